The Hall–Kier alpha value is -2.55. The highest BCUT2D eigenvalue weighted by Crippen LogP contribution is 2.15. The molecule has 1 N–H and O–H groups in total. The molecule has 0 saturated carbocycles. The van der Waals surface area contributed by atoms with Crippen molar-refractivity contribution < 1.29 is 4.79 Å². The van der Waals surface area contributed by atoms with Gasteiger partial charge in [-0.2, -0.15) is 5.26 Å². The molecule has 0 saturated heterocycles. The van der Waals surface area contributed by atoms with Gasteiger partial charge in [0.25, 0.3) is 5.91 Å². The van der Waals surface area contributed by atoms with E-state index in [1.807, 2.05) is 0 Å². The van der Waals surface area contributed by atoms with Crippen molar-refractivity contribution in [3.8, 4) is 6.07 Å². The lowest BCUT2D eigenvalue weighted by atomic mass is 10.1. The smallest absolute Gasteiger partial charge is 0.326 e. The summed E-state index contributed by atoms with van der Waals surface area (Å²) < 4.78 is 1.51. The lowest BCUT2D eigenvalue weighted by Crippen LogP contribution is -2.33. The first-order valence-electron chi connectivity index (χ1n) is 7.79. The zero-order chi connectivity index (χ0) is 17.0. The first-order valence-corrected chi connectivity index (χ1v) is 7.79. The van der Waals surface area contributed by atoms with E-state index in [9.17, 15) is 9.59 Å². The number of hydrogen-bond donors (Lipinski definition) is 1. The fraction of sp³-hybridized carbons (Fsp3) is 0.471. The van der Waals surface area contributed by atoms with Crippen molar-refractivity contribution in [1.29, 1.82) is 5.26 Å². The molecule has 0 radical (unpaired) electrons. The molecular formula is C17H22N4O2. The number of aryl methyl sites for hydroxylation is 1. The van der Waals surface area contributed by atoms with Gasteiger partial charge in [0.2, 0.25) is 0 Å². The highest BCUT2D eigenvalue weighted by molar-refractivity contribution is 5.97. The van der Waals surface area contributed by atoms with E-state index in [1.54, 1.807) is 30.1 Å². The predicted octanol–water partition coefficient (Wildman–Crippen LogP) is 2.27. The van der Waals surface area contributed by atoms with Crippen molar-refractivity contribution in [2.75, 3.05) is 13.1 Å². The van der Waals surface area contributed by atoms with Crippen molar-refractivity contribution in [1.82, 2.24) is 14.5 Å². The second-order valence-electron chi connectivity index (χ2n) is 6.10. The molecular weight excluding hydrogens is 292 g/mol. The number of carbonyl (C=O) groups excluding carboxylic acids is 1. The molecule has 0 spiro atoms. The van der Waals surface area contributed by atoms with Crippen LogP contribution < -0.4 is 5.69 Å². The van der Waals surface area contributed by atoms with E-state index in [2.05, 4.69) is 24.9 Å². The third kappa shape index (κ3) is 3.81. The maximum Gasteiger partial charge on any atom is 0.326 e. The summed E-state index contributed by atoms with van der Waals surface area (Å²) in [4.78, 5) is 28.8. The van der Waals surface area contributed by atoms with E-state index in [4.69, 9.17) is 5.26 Å². The van der Waals surface area contributed by atoms with Crippen LogP contribution in [0, 0.1) is 17.2 Å². The highest BCUT2D eigenvalue weighted by Gasteiger charge is 2.17. The van der Waals surface area contributed by atoms with Gasteiger partial charge in [-0.05, 0) is 30.5 Å². The highest BCUT2D eigenvalue weighted by atomic mass is 16.2. The van der Waals surface area contributed by atoms with E-state index in [-0.39, 0.29) is 11.6 Å². The average molecular weight is 314 g/mol. The topological polar surface area (TPSA) is 81.9 Å². The third-order valence-electron chi connectivity index (χ3n) is 3.91. The molecule has 23 heavy (non-hydrogen) atoms. The summed E-state index contributed by atoms with van der Waals surface area (Å²) in [6.07, 6.45) is 1.20. The molecule has 0 bridgehead atoms. The van der Waals surface area contributed by atoms with Gasteiger partial charge >= 0.3 is 5.69 Å². The monoisotopic (exact) mass is 314 g/mol. The lowest BCUT2D eigenvalue weighted by molar-refractivity contribution is 0.0752. The molecule has 6 nitrogen and oxygen atoms in total. The van der Waals surface area contributed by atoms with Crippen LogP contribution in [0.2, 0.25) is 0 Å². The Labute approximate surface area is 135 Å². The van der Waals surface area contributed by atoms with Crippen molar-refractivity contribution in [2.45, 2.75) is 26.7 Å². The standard InChI is InChI=1S/C17H22N4O2/c1-12(2)7-10-21(9-4-8-18)16(22)13-5-6-15-14(11-13)19-17(23)20(15)3/h5-6,11-12H,4,7,9-10H2,1-3H3,(H,19,23). The average Bonchev–Trinajstić information content (AvgIpc) is 2.81. The molecule has 6 heteroatoms. The minimum absolute atomic E-state index is 0.104. The maximum atomic E-state index is 12.7. The zero-order valence-electron chi connectivity index (χ0n) is 13.8. The number of rotatable bonds is 6. The van der Waals surface area contributed by atoms with Crippen LogP contribution in [0.3, 0.4) is 0 Å². The molecule has 1 aromatic carbocycles. The van der Waals surface area contributed by atoms with E-state index in [0.29, 0.717) is 36.5 Å². The third-order valence-corrected chi connectivity index (χ3v) is 3.91. The second kappa shape index (κ2) is 7.14. The van der Waals surface area contributed by atoms with Gasteiger partial charge in [0.15, 0.2) is 0 Å². The number of carbonyl (C=O) groups is 1. The Bertz CT molecular complexity index is 795. The van der Waals surface area contributed by atoms with E-state index < -0.39 is 0 Å². The molecule has 122 valence electrons. The summed E-state index contributed by atoms with van der Waals surface area (Å²) in [5.41, 5.74) is 1.73. The molecule has 0 aliphatic rings. The molecule has 2 aromatic rings. The number of H-pyrrole nitrogens is 1. The van der Waals surface area contributed by atoms with Crippen LogP contribution in [0.1, 0.15) is 37.0 Å². The number of amides is 1. The number of nitrogens with zero attached hydrogens (tertiary/aromatic N) is 3. The van der Waals surface area contributed by atoms with Crippen molar-refractivity contribution in [3.63, 3.8) is 0 Å². The van der Waals surface area contributed by atoms with Gasteiger partial charge in [-0.3, -0.25) is 9.36 Å². The van der Waals surface area contributed by atoms with Gasteiger partial charge in [0.05, 0.1) is 23.5 Å². The summed E-state index contributed by atoms with van der Waals surface area (Å²) >= 11 is 0. The Kier molecular flexibility index (Phi) is 5.22. The van der Waals surface area contributed by atoms with Gasteiger partial charge in [-0.1, -0.05) is 13.8 Å². The predicted molar refractivity (Wildman–Crippen MR) is 89.1 cm³/mol. The number of aromatic nitrogens is 2. The van der Waals surface area contributed by atoms with Crippen molar-refractivity contribution in [3.05, 3.63) is 34.2 Å². The van der Waals surface area contributed by atoms with Gasteiger partial charge in [0, 0.05) is 25.7 Å². The summed E-state index contributed by atoms with van der Waals surface area (Å²) in [5.74, 6) is 0.382. The normalized spacial score (nSPS) is 10.9. The van der Waals surface area contributed by atoms with Crippen LogP contribution in [-0.2, 0) is 7.05 Å². The van der Waals surface area contributed by atoms with E-state index in [0.717, 1.165) is 11.9 Å². The van der Waals surface area contributed by atoms with Crippen LogP contribution in [0.5, 0.6) is 0 Å². The molecule has 1 aromatic heterocycles. The van der Waals surface area contributed by atoms with Crippen LogP contribution in [0.15, 0.2) is 23.0 Å². The number of imidazole rings is 1. The minimum atomic E-state index is -0.203. The number of fused-ring (bicyclic) bond motifs is 1. The van der Waals surface area contributed by atoms with Crippen LogP contribution >= 0.6 is 0 Å². The molecule has 0 atom stereocenters. The fourth-order valence-corrected chi connectivity index (χ4v) is 2.47. The zero-order valence-corrected chi connectivity index (χ0v) is 13.8. The number of nitriles is 1. The minimum Gasteiger partial charge on any atom is -0.338 e. The van der Waals surface area contributed by atoms with Crippen LogP contribution in [-0.4, -0.2) is 33.4 Å². The van der Waals surface area contributed by atoms with E-state index >= 15 is 0 Å². The molecule has 0 aliphatic heterocycles. The SMILES string of the molecule is CC(C)CCN(CCC#N)C(=O)c1ccc2c(c1)[nH]c(=O)n2C. The Balaban J connectivity index is 2.27. The van der Waals surface area contributed by atoms with Gasteiger partial charge in [-0.15, -0.1) is 0 Å². The largest absolute Gasteiger partial charge is 0.338 e. The summed E-state index contributed by atoms with van der Waals surface area (Å²) in [5, 5.41) is 8.79. The molecule has 2 rings (SSSR count). The number of aromatic amines is 1. The summed E-state index contributed by atoms with van der Waals surface area (Å²) in [6, 6.07) is 7.29. The van der Waals surface area contributed by atoms with Crippen LogP contribution in [0.25, 0.3) is 11.0 Å². The summed E-state index contributed by atoms with van der Waals surface area (Å²) in [7, 11) is 1.69. The molecule has 0 unspecified atom stereocenters. The first kappa shape index (κ1) is 16.8. The molecule has 1 amide bonds. The number of hydrogen-bond acceptors (Lipinski definition) is 3. The van der Waals surface area contributed by atoms with Gasteiger partial charge in [0.1, 0.15) is 0 Å². The number of benzene rings is 1. The Morgan fingerprint density at radius 1 is 1.39 bits per heavy atom. The van der Waals surface area contributed by atoms with E-state index in [1.165, 1.54) is 4.57 Å². The first-order chi connectivity index (χ1) is 10.9. The Morgan fingerprint density at radius 2 is 2.13 bits per heavy atom. The number of nitrogens with one attached hydrogen (secondary N) is 1. The second-order valence-corrected chi connectivity index (χ2v) is 6.10. The molecule has 1 heterocycles. The van der Waals surface area contributed by atoms with Gasteiger partial charge in [-0.25, -0.2) is 4.79 Å². The Morgan fingerprint density at radius 3 is 2.78 bits per heavy atom. The van der Waals surface area contributed by atoms with Gasteiger partial charge < -0.3 is 9.88 Å². The molecule has 0 fully saturated rings. The quantitative estimate of drug-likeness (QED) is 0.888. The fourth-order valence-electron chi connectivity index (χ4n) is 2.47. The van der Waals surface area contributed by atoms with Crippen molar-refractivity contribution >= 4 is 16.9 Å². The maximum absolute atomic E-state index is 12.7. The van der Waals surface area contributed by atoms with Crippen LogP contribution in [0.4, 0.5) is 0 Å². The van der Waals surface area contributed by atoms with Crippen molar-refractivity contribution in [2.24, 2.45) is 13.0 Å². The molecule has 0 aliphatic carbocycles. The lowest BCUT2D eigenvalue weighted by Gasteiger charge is -2.22. The summed E-state index contributed by atoms with van der Waals surface area (Å²) in [6.45, 7) is 5.26.